The molecule has 0 aromatic carbocycles. The van der Waals surface area contributed by atoms with Gasteiger partial charge in [-0.25, -0.2) is 0 Å². The van der Waals surface area contributed by atoms with Crippen LogP contribution in [0.15, 0.2) is 0 Å². The highest BCUT2D eigenvalue weighted by Gasteiger charge is 2.37. The van der Waals surface area contributed by atoms with Crippen molar-refractivity contribution in [3.05, 3.63) is 0 Å². The second-order valence-electron chi connectivity index (χ2n) is 5.15. The van der Waals surface area contributed by atoms with Gasteiger partial charge >= 0.3 is 0 Å². The highest BCUT2D eigenvalue weighted by Crippen LogP contribution is 2.43. The third-order valence-corrected chi connectivity index (χ3v) is 6.03. The van der Waals surface area contributed by atoms with E-state index in [0.717, 1.165) is 11.0 Å². The quantitative estimate of drug-likeness (QED) is 0.759. The molecule has 1 nitrogen and oxygen atoms in total. The summed E-state index contributed by atoms with van der Waals surface area (Å²) in [6, 6.07) is 0. The van der Waals surface area contributed by atoms with Crippen LogP contribution in [0.2, 0.25) is 0 Å². The highest BCUT2D eigenvalue weighted by molar-refractivity contribution is 8.00. The number of hydrogen-bond acceptors (Lipinski definition) is 3. The van der Waals surface area contributed by atoms with Gasteiger partial charge in [-0.05, 0) is 30.4 Å². The first-order valence-corrected chi connectivity index (χ1v) is 7.91. The van der Waals surface area contributed by atoms with Crippen LogP contribution in [0, 0.1) is 5.41 Å². The van der Waals surface area contributed by atoms with Crippen molar-refractivity contribution in [1.82, 2.24) is 4.90 Å². The van der Waals surface area contributed by atoms with Crippen LogP contribution in [-0.2, 0) is 0 Å². The molecule has 88 valence electrons. The van der Waals surface area contributed by atoms with Crippen LogP contribution in [0.3, 0.4) is 0 Å². The zero-order valence-corrected chi connectivity index (χ0v) is 11.5. The predicted octanol–water partition coefficient (Wildman–Crippen LogP) is 2.91. The van der Waals surface area contributed by atoms with Crippen LogP contribution in [0.1, 0.15) is 32.6 Å². The SMILES string of the molecule is CCC1CN(CC2(CS)CCC2)CCS1. The summed E-state index contributed by atoms with van der Waals surface area (Å²) in [6.07, 6.45) is 5.59. The second kappa shape index (κ2) is 5.33. The van der Waals surface area contributed by atoms with Gasteiger partial charge in [0.15, 0.2) is 0 Å². The van der Waals surface area contributed by atoms with E-state index in [9.17, 15) is 0 Å². The van der Waals surface area contributed by atoms with E-state index in [1.54, 1.807) is 0 Å². The largest absolute Gasteiger partial charge is 0.301 e. The fraction of sp³-hybridized carbons (Fsp3) is 1.00. The lowest BCUT2D eigenvalue weighted by Crippen LogP contribution is -2.48. The Labute approximate surface area is 104 Å². The summed E-state index contributed by atoms with van der Waals surface area (Å²) < 4.78 is 0. The van der Waals surface area contributed by atoms with Crippen molar-refractivity contribution >= 4 is 24.4 Å². The molecule has 1 saturated carbocycles. The summed E-state index contributed by atoms with van der Waals surface area (Å²) in [5.41, 5.74) is 0.587. The highest BCUT2D eigenvalue weighted by atomic mass is 32.2. The van der Waals surface area contributed by atoms with Crippen molar-refractivity contribution in [1.29, 1.82) is 0 Å². The summed E-state index contributed by atoms with van der Waals surface area (Å²) in [5, 5.41) is 0.885. The molecule has 1 saturated heterocycles. The van der Waals surface area contributed by atoms with Gasteiger partial charge in [0.2, 0.25) is 0 Å². The normalized spacial score (nSPS) is 31.2. The summed E-state index contributed by atoms with van der Waals surface area (Å²) in [7, 11) is 0. The minimum atomic E-state index is 0.587. The first-order chi connectivity index (χ1) is 7.28. The van der Waals surface area contributed by atoms with E-state index < -0.39 is 0 Å². The number of nitrogens with zero attached hydrogens (tertiary/aromatic N) is 1. The minimum Gasteiger partial charge on any atom is -0.301 e. The van der Waals surface area contributed by atoms with E-state index in [-0.39, 0.29) is 0 Å². The van der Waals surface area contributed by atoms with E-state index in [4.69, 9.17) is 0 Å². The molecule has 1 atom stereocenters. The average Bonchev–Trinajstić information content (AvgIpc) is 2.24. The zero-order chi connectivity index (χ0) is 10.7. The molecule has 0 aromatic rings. The van der Waals surface area contributed by atoms with E-state index in [1.807, 2.05) is 0 Å². The molecule has 1 heterocycles. The molecule has 0 amide bonds. The van der Waals surface area contributed by atoms with Crippen LogP contribution in [0.4, 0.5) is 0 Å². The van der Waals surface area contributed by atoms with E-state index in [2.05, 4.69) is 36.2 Å². The number of thioether (sulfide) groups is 1. The lowest BCUT2D eigenvalue weighted by molar-refractivity contribution is 0.0921. The molecule has 2 aliphatic rings. The van der Waals surface area contributed by atoms with Crippen molar-refractivity contribution in [3.63, 3.8) is 0 Å². The summed E-state index contributed by atoms with van der Waals surface area (Å²) in [5.74, 6) is 2.43. The molecule has 1 aliphatic heterocycles. The Bertz CT molecular complexity index is 198. The van der Waals surface area contributed by atoms with Crippen molar-refractivity contribution in [2.75, 3.05) is 31.1 Å². The first-order valence-electron chi connectivity index (χ1n) is 6.23. The third-order valence-electron chi connectivity index (χ3n) is 3.99. The van der Waals surface area contributed by atoms with Gasteiger partial charge in [-0.1, -0.05) is 13.3 Å². The van der Waals surface area contributed by atoms with E-state index in [0.29, 0.717) is 5.41 Å². The maximum atomic E-state index is 4.55. The monoisotopic (exact) mass is 245 g/mol. The Hall–Kier alpha value is 0.660. The van der Waals surface area contributed by atoms with Gasteiger partial charge in [-0.2, -0.15) is 24.4 Å². The van der Waals surface area contributed by atoms with Crippen molar-refractivity contribution in [2.24, 2.45) is 5.41 Å². The van der Waals surface area contributed by atoms with Crippen LogP contribution in [0.5, 0.6) is 0 Å². The van der Waals surface area contributed by atoms with Crippen LogP contribution in [0.25, 0.3) is 0 Å². The molecular formula is C12H23NS2. The molecule has 0 bridgehead atoms. The molecule has 0 aromatic heterocycles. The molecule has 2 rings (SSSR count). The van der Waals surface area contributed by atoms with Gasteiger partial charge in [0.25, 0.3) is 0 Å². The standard InChI is InChI=1S/C12H23NS2/c1-2-11-8-13(6-7-15-11)9-12(10-14)4-3-5-12/h11,14H,2-10H2,1H3. The van der Waals surface area contributed by atoms with Crippen LogP contribution >= 0.6 is 24.4 Å². The zero-order valence-electron chi connectivity index (χ0n) is 9.74. The molecule has 3 heteroatoms. The van der Waals surface area contributed by atoms with Crippen LogP contribution < -0.4 is 0 Å². The van der Waals surface area contributed by atoms with Gasteiger partial charge < -0.3 is 4.90 Å². The van der Waals surface area contributed by atoms with Crippen LogP contribution in [-0.4, -0.2) is 41.3 Å². The Balaban J connectivity index is 1.82. The summed E-state index contributed by atoms with van der Waals surface area (Å²) in [4.78, 5) is 2.69. The molecule has 0 N–H and O–H groups in total. The maximum Gasteiger partial charge on any atom is 0.0172 e. The molecule has 2 fully saturated rings. The molecule has 15 heavy (non-hydrogen) atoms. The first kappa shape index (κ1) is 12.1. The van der Waals surface area contributed by atoms with Gasteiger partial charge in [0.05, 0.1) is 0 Å². The van der Waals surface area contributed by atoms with Gasteiger partial charge in [-0.3, -0.25) is 0 Å². The number of rotatable bonds is 4. The van der Waals surface area contributed by atoms with Crippen molar-refractivity contribution < 1.29 is 0 Å². The molecule has 1 aliphatic carbocycles. The lowest BCUT2D eigenvalue weighted by Gasteiger charge is -2.46. The fourth-order valence-corrected chi connectivity index (χ4v) is 4.35. The molecule has 0 radical (unpaired) electrons. The Kier molecular flexibility index (Phi) is 4.31. The summed E-state index contributed by atoms with van der Waals surface area (Å²) in [6.45, 7) is 6.25. The van der Waals surface area contributed by atoms with E-state index >= 15 is 0 Å². The summed E-state index contributed by atoms with van der Waals surface area (Å²) >= 11 is 6.71. The van der Waals surface area contributed by atoms with Gasteiger partial charge in [-0.15, -0.1) is 0 Å². The lowest BCUT2D eigenvalue weighted by atomic mass is 9.70. The fourth-order valence-electron chi connectivity index (χ4n) is 2.69. The topological polar surface area (TPSA) is 3.24 Å². The Morgan fingerprint density at radius 1 is 1.47 bits per heavy atom. The average molecular weight is 245 g/mol. The van der Waals surface area contributed by atoms with Crippen molar-refractivity contribution in [2.45, 2.75) is 37.9 Å². The number of thiol groups is 1. The van der Waals surface area contributed by atoms with Gasteiger partial charge in [0.1, 0.15) is 0 Å². The van der Waals surface area contributed by atoms with Gasteiger partial charge in [0, 0.05) is 30.6 Å². The smallest absolute Gasteiger partial charge is 0.0172 e. The third kappa shape index (κ3) is 2.86. The van der Waals surface area contributed by atoms with Crippen molar-refractivity contribution in [3.8, 4) is 0 Å². The minimum absolute atomic E-state index is 0.587. The van der Waals surface area contributed by atoms with E-state index in [1.165, 1.54) is 51.1 Å². The molecule has 1 unspecified atom stereocenters. The molecular weight excluding hydrogens is 222 g/mol. The predicted molar refractivity (Wildman–Crippen MR) is 73.1 cm³/mol. The maximum absolute atomic E-state index is 4.55. The number of hydrogen-bond donors (Lipinski definition) is 1. The second-order valence-corrected chi connectivity index (χ2v) is 6.87. The molecule has 0 spiro atoms. The Morgan fingerprint density at radius 2 is 2.27 bits per heavy atom. The Morgan fingerprint density at radius 3 is 2.80 bits per heavy atom.